The quantitative estimate of drug-likeness (QED) is 0.563. The average molecular weight is 221 g/mol. The van der Waals surface area contributed by atoms with Crippen molar-refractivity contribution < 1.29 is 9.53 Å². The summed E-state index contributed by atoms with van der Waals surface area (Å²) < 4.78 is 5.23. The number of benzene rings is 1. The molecular formula is C13H19NO2. The van der Waals surface area contributed by atoms with Gasteiger partial charge in [-0.25, -0.2) is 0 Å². The molecule has 1 aromatic rings. The van der Waals surface area contributed by atoms with E-state index in [9.17, 15) is 4.79 Å². The van der Waals surface area contributed by atoms with E-state index in [0.717, 1.165) is 12.8 Å². The van der Waals surface area contributed by atoms with Crippen molar-refractivity contribution in [1.29, 1.82) is 0 Å². The first kappa shape index (κ1) is 12.7. The molecule has 0 bridgehead atoms. The fraction of sp³-hybridized carbons (Fsp3) is 0.462. The third-order valence-electron chi connectivity index (χ3n) is 2.11. The van der Waals surface area contributed by atoms with Gasteiger partial charge in [0.05, 0.1) is 6.54 Å². The van der Waals surface area contributed by atoms with Crippen LogP contribution in [0.4, 0.5) is 0 Å². The van der Waals surface area contributed by atoms with Crippen molar-refractivity contribution in [3.05, 3.63) is 29.8 Å². The van der Waals surface area contributed by atoms with E-state index in [2.05, 4.69) is 6.92 Å². The minimum Gasteiger partial charge on any atom is -0.426 e. The van der Waals surface area contributed by atoms with E-state index in [4.69, 9.17) is 4.74 Å². The van der Waals surface area contributed by atoms with E-state index in [1.54, 1.807) is 4.90 Å². The molecule has 0 radical (unpaired) electrons. The van der Waals surface area contributed by atoms with Gasteiger partial charge in [-0.3, -0.25) is 9.69 Å². The number of aryl methyl sites for hydroxylation is 1. The van der Waals surface area contributed by atoms with Crippen LogP contribution in [0.3, 0.4) is 0 Å². The smallest absolute Gasteiger partial charge is 0.325 e. The van der Waals surface area contributed by atoms with Crippen molar-refractivity contribution in [1.82, 2.24) is 4.90 Å². The highest BCUT2D eigenvalue weighted by molar-refractivity contribution is 5.74. The molecule has 0 aliphatic heterocycles. The Morgan fingerprint density at radius 3 is 2.75 bits per heavy atom. The minimum absolute atomic E-state index is 0.223. The van der Waals surface area contributed by atoms with Gasteiger partial charge in [-0.05, 0) is 38.2 Å². The molecule has 0 atom stereocenters. The van der Waals surface area contributed by atoms with Crippen LogP contribution in [0.5, 0.6) is 5.75 Å². The number of hydrogen-bond donors (Lipinski definition) is 0. The highest BCUT2D eigenvalue weighted by atomic mass is 16.5. The van der Waals surface area contributed by atoms with Crippen LogP contribution < -0.4 is 4.74 Å². The van der Waals surface area contributed by atoms with E-state index in [0.29, 0.717) is 12.3 Å². The van der Waals surface area contributed by atoms with Crippen LogP contribution in [0.25, 0.3) is 0 Å². The first-order valence-corrected chi connectivity index (χ1v) is 5.56. The van der Waals surface area contributed by atoms with Gasteiger partial charge in [-0.15, -0.1) is 0 Å². The van der Waals surface area contributed by atoms with E-state index in [1.807, 2.05) is 38.4 Å². The number of carbonyl (C=O) groups excluding carboxylic acids is 1. The number of esters is 1. The third-order valence-corrected chi connectivity index (χ3v) is 2.11. The van der Waals surface area contributed by atoms with Gasteiger partial charge >= 0.3 is 5.97 Å². The lowest BCUT2D eigenvalue weighted by Gasteiger charge is -2.09. The second-order valence-electron chi connectivity index (χ2n) is 4.11. The lowest BCUT2D eigenvalue weighted by molar-refractivity contribution is -0.135. The largest absolute Gasteiger partial charge is 0.426 e. The summed E-state index contributed by atoms with van der Waals surface area (Å²) in [6.07, 6.45) is 2.11. The van der Waals surface area contributed by atoms with Crippen molar-refractivity contribution >= 4 is 5.97 Å². The number of carbonyl (C=O) groups is 1. The summed E-state index contributed by atoms with van der Waals surface area (Å²) in [6.45, 7) is 2.43. The van der Waals surface area contributed by atoms with Crippen LogP contribution in [-0.4, -0.2) is 31.5 Å². The van der Waals surface area contributed by atoms with Gasteiger partial charge in [0.15, 0.2) is 0 Å². The molecular weight excluding hydrogens is 202 g/mol. The molecule has 0 fully saturated rings. The fourth-order valence-electron chi connectivity index (χ4n) is 1.48. The SMILES string of the molecule is CCCc1cccc(OC(=O)CN(C)C)c1. The van der Waals surface area contributed by atoms with E-state index in [1.165, 1.54) is 5.56 Å². The van der Waals surface area contributed by atoms with Gasteiger partial charge < -0.3 is 4.74 Å². The van der Waals surface area contributed by atoms with Crippen LogP contribution in [0, 0.1) is 0 Å². The summed E-state index contributed by atoms with van der Waals surface area (Å²) in [6, 6.07) is 7.71. The number of hydrogen-bond acceptors (Lipinski definition) is 3. The van der Waals surface area contributed by atoms with Crippen LogP contribution in [0.2, 0.25) is 0 Å². The maximum Gasteiger partial charge on any atom is 0.325 e. The second kappa shape index (κ2) is 6.28. The summed E-state index contributed by atoms with van der Waals surface area (Å²) in [5.74, 6) is 0.413. The lowest BCUT2D eigenvalue weighted by Crippen LogP contribution is -2.25. The number of rotatable bonds is 5. The second-order valence-corrected chi connectivity index (χ2v) is 4.11. The number of nitrogens with zero attached hydrogens (tertiary/aromatic N) is 1. The molecule has 88 valence electrons. The monoisotopic (exact) mass is 221 g/mol. The highest BCUT2D eigenvalue weighted by Gasteiger charge is 2.06. The Hall–Kier alpha value is -1.35. The maximum absolute atomic E-state index is 11.4. The molecule has 1 aromatic carbocycles. The van der Waals surface area contributed by atoms with Gasteiger partial charge in [0.25, 0.3) is 0 Å². The summed E-state index contributed by atoms with van der Waals surface area (Å²) in [4.78, 5) is 13.2. The summed E-state index contributed by atoms with van der Waals surface area (Å²) >= 11 is 0. The van der Waals surface area contributed by atoms with Crippen molar-refractivity contribution in [3.63, 3.8) is 0 Å². The predicted molar refractivity (Wildman–Crippen MR) is 64.6 cm³/mol. The molecule has 16 heavy (non-hydrogen) atoms. The molecule has 0 amide bonds. The van der Waals surface area contributed by atoms with E-state index >= 15 is 0 Å². The predicted octanol–water partition coefficient (Wildman–Crippen LogP) is 2.11. The zero-order valence-electron chi connectivity index (χ0n) is 10.2. The molecule has 0 saturated heterocycles. The normalized spacial score (nSPS) is 10.5. The third kappa shape index (κ3) is 4.45. The molecule has 0 N–H and O–H groups in total. The summed E-state index contributed by atoms with van der Waals surface area (Å²) in [5.41, 5.74) is 1.21. The van der Waals surface area contributed by atoms with Crippen molar-refractivity contribution in [2.24, 2.45) is 0 Å². The zero-order valence-corrected chi connectivity index (χ0v) is 10.2. The summed E-state index contributed by atoms with van der Waals surface area (Å²) in [7, 11) is 3.68. The fourth-order valence-corrected chi connectivity index (χ4v) is 1.48. The first-order valence-electron chi connectivity index (χ1n) is 5.56. The first-order chi connectivity index (χ1) is 7.61. The molecule has 0 aliphatic rings. The molecule has 3 nitrogen and oxygen atoms in total. The Morgan fingerprint density at radius 2 is 2.12 bits per heavy atom. The summed E-state index contributed by atoms with van der Waals surface area (Å²) in [5, 5.41) is 0. The topological polar surface area (TPSA) is 29.5 Å². The molecule has 0 spiro atoms. The number of ether oxygens (including phenoxy) is 1. The molecule has 0 saturated carbocycles. The van der Waals surface area contributed by atoms with Crippen LogP contribution >= 0.6 is 0 Å². The van der Waals surface area contributed by atoms with Crippen LogP contribution in [0.1, 0.15) is 18.9 Å². The van der Waals surface area contributed by atoms with E-state index in [-0.39, 0.29) is 5.97 Å². The molecule has 0 unspecified atom stereocenters. The Labute approximate surface area is 97.0 Å². The Morgan fingerprint density at radius 1 is 1.38 bits per heavy atom. The Kier molecular flexibility index (Phi) is 4.99. The van der Waals surface area contributed by atoms with Gasteiger partial charge in [-0.1, -0.05) is 25.5 Å². The van der Waals surface area contributed by atoms with Crippen molar-refractivity contribution in [2.75, 3.05) is 20.6 Å². The van der Waals surface area contributed by atoms with E-state index < -0.39 is 0 Å². The van der Waals surface area contributed by atoms with Crippen molar-refractivity contribution in [3.8, 4) is 5.75 Å². The Balaban J connectivity index is 2.59. The highest BCUT2D eigenvalue weighted by Crippen LogP contribution is 2.14. The van der Waals surface area contributed by atoms with Gasteiger partial charge in [-0.2, -0.15) is 0 Å². The Bertz CT molecular complexity index is 348. The molecule has 0 aliphatic carbocycles. The maximum atomic E-state index is 11.4. The molecule has 3 heteroatoms. The minimum atomic E-state index is -0.223. The molecule has 0 heterocycles. The van der Waals surface area contributed by atoms with Gasteiger partial charge in [0, 0.05) is 0 Å². The van der Waals surface area contributed by atoms with Crippen molar-refractivity contribution in [2.45, 2.75) is 19.8 Å². The lowest BCUT2D eigenvalue weighted by atomic mass is 10.1. The zero-order chi connectivity index (χ0) is 12.0. The number of likely N-dealkylation sites (N-methyl/N-ethyl adjacent to an activating group) is 1. The molecule has 1 rings (SSSR count). The average Bonchev–Trinajstić information content (AvgIpc) is 2.17. The standard InChI is InChI=1S/C13H19NO2/c1-4-6-11-7-5-8-12(9-11)16-13(15)10-14(2)3/h5,7-9H,4,6,10H2,1-3H3. The molecule has 0 aromatic heterocycles. The van der Waals surface area contributed by atoms with Gasteiger partial charge in [0.2, 0.25) is 0 Å². The van der Waals surface area contributed by atoms with Crippen LogP contribution in [-0.2, 0) is 11.2 Å². The van der Waals surface area contributed by atoms with Gasteiger partial charge in [0.1, 0.15) is 5.75 Å². The van der Waals surface area contributed by atoms with Crippen LogP contribution in [0.15, 0.2) is 24.3 Å².